The van der Waals surface area contributed by atoms with Gasteiger partial charge in [-0.1, -0.05) is 6.92 Å². The van der Waals surface area contributed by atoms with Gasteiger partial charge in [0.25, 0.3) is 0 Å². The Bertz CT molecular complexity index is 442. The van der Waals surface area contributed by atoms with Crippen LogP contribution in [-0.4, -0.2) is 41.3 Å². The van der Waals surface area contributed by atoms with Crippen molar-refractivity contribution in [1.82, 2.24) is 4.90 Å². The van der Waals surface area contributed by atoms with E-state index in [-0.39, 0.29) is 12.1 Å². The lowest BCUT2D eigenvalue weighted by Gasteiger charge is -2.38. The number of rotatable bonds is 1. The molecule has 2 fully saturated rings. The van der Waals surface area contributed by atoms with Crippen LogP contribution in [0.3, 0.4) is 0 Å². The summed E-state index contributed by atoms with van der Waals surface area (Å²) in [7, 11) is 0. The number of cyclic esters (lactones) is 1. The van der Waals surface area contributed by atoms with Crippen molar-refractivity contribution in [2.24, 2.45) is 5.41 Å². The average molecular weight is 297 g/mol. The van der Waals surface area contributed by atoms with Gasteiger partial charge < -0.3 is 14.4 Å². The molecule has 0 N–H and O–H groups in total. The second-order valence-electron chi connectivity index (χ2n) is 7.66. The van der Waals surface area contributed by atoms with Crippen molar-refractivity contribution >= 4 is 12.1 Å². The van der Waals surface area contributed by atoms with Gasteiger partial charge in [-0.3, -0.25) is 4.79 Å². The van der Waals surface area contributed by atoms with Gasteiger partial charge in [-0.05, 0) is 47.0 Å². The fourth-order valence-corrected chi connectivity index (χ4v) is 3.28. The second kappa shape index (κ2) is 5.18. The molecule has 120 valence electrons. The van der Waals surface area contributed by atoms with Gasteiger partial charge in [-0.15, -0.1) is 0 Å². The summed E-state index contributed by atoms with van der Waals surface area (Å²) in [5.74, 6) is -0.153. The summed E-state index contributed by atoms with van der Waals surface area (Å²) in [5, 5.41) is 0. The van der Waals surface area contributed by atoms with Crippen molar-refractivity contribution in [1.29, 1.82) is 0 Å². The van der Waals surface area contributed by atoms with Crippen LogP contribution in [0.25, 0.3) is 0 Å². The van der Waals surface area contributed by atoms with E-state index in [1.807, 2.05) is 34.6 Å². The van der Waals surface area contributed by atoms with E-state index in [2.05, 4.69) is 0 Å². The Balaban J connectivity index is 2.11. The summed E-state index contributed by atoms with van der Waals surface area (Å²) in [4.78, 5) is 26.3. The highest BCUT2D eigenvalue weighted by atomic mass is 16.6. The van der Waals surface area contributed by atoms with Crippen LogP contribution in [0.2, 0.25) is 0 Å². The van der Waals surface area contributed by atoms with Crippen molar-refractivity contribution in [3.63, 3.8) is 0 Å². The average Bonchev–Trinajstić information content (AvgIpc) is 2.59. The third-order valence-electron chi connectivity index (χ3n) is 4.46. The molecule has 5 heteroatoms. The molecule has 0 aromatic heterocycles. The van der Waals surface area contributed by atoms with Gasteiger partial charge in [-0.25, -0.2) is 4.79 Å². The van der Waals surface area contributed by atoms with E-state index in [0.717, 1.165) is 19.3 Å². The molecule has 0 unspecified atom stereocenters. The molecule has 0 aromatic carbocycles. The van der Waals surface area contributed by atoms with Crippen molar-refractivity contribution in [2.75, 3.05) is 13.1 Å². The van der Waals surface area contributed by atoms with Crippen LogP contribution in [0.5, 0.6) is 0 Å². The molecule has 0 bridgehead atoms. The lowest BCUT2D eigenvalue weighted by molar-refractivity contribution is -0.155. The fourth-order valence-electron chi connectivity index (χ4n) is 3.28. The maximum atomic E-state index is 12.4. The number of carbonyl (C=O) groups excluding carboxylic acids is 2. The Morgan fingerprint density at radius 1 is 1.43 bits per heavy atom. The lowest BCUT2D eigenvalue weighted by atomic mass is 9.74. The van der Waals surface area contributed by atoms with Crippen LogP contribution in [-0.2, 0) is 14.3 Å². The van der Waals surface area contributed by atoms with E-state index >= 15 is 0 Å². The van der Waals surface area contributed by atoms with Crippen LogP contribution in [0.1, 0.15) is 60.3 Å². The Labute approximate surface area is 127 Å². The van der Waals surface area contributed by atoms with Crippen LogP contribution in [0, 0.1) is 5.41 Å². The molecule has 2 aliphatic rings. The van der Waals surface area contributed by atoms with E-state index in [1.54, 1.807) is 4.90 Å². The van der Waals surface area contributed by atoms with E-state index in [1.165, 1.54) is 0 Å². The maximum absolute atomic E-state index is 12.4. The third-order valence-corrected chi connectivity index (χ3v) is 4.46. The van der Waals surface area contributed by atoms with E-state index < -0.39 is 16.6 Å². The molecule has 1 amide bonds. The van der Waals surface area contributed by atoms with Gasteiger partial charge in [0.2, 0.25) is 0 Å². The van der Waals surface area contributed by atoms with Gasteiger partial charge in [-0.2, -0.15) is 0 Å². The molecule has 2 atom stereocenters. The molecule has 2 saturated heterocycles. The highest BCUT2D eigenvalue weighted by Crippen LogP contribution is 2.47. The molecule has 0 aliphatic carbocycles. The summed E-state index contributed by atoms with van der Waals surface area (Å²) in [6.07, 6.45) is 2.76. The summed E-state index contributed by atoms with van der Waals surface area (Å²) in [5.41, 5.74) is -1.45. The summed E-state index contributed by atoms with van der Waals surface area (Å²) >= 11 is 0. The van der Waals surface area contributed by atoms with Crippen LogP contribution >= 0.6 is 0 Å². The highest BCUT2D eigenvalue weighted by molar-refractivity contribution is 5.81. The van der Waals surface area contributed by atoms with E-state index in [9.17, 15) is 9.59 Å². The van der Waals surface area contributed by atoms with Gasteiger partial charge in [0.05, 0.1) is 5.41 Å². The van der Waals surface area contributed by atoms with Gasteiger partial charge >= 0.3 is 12.1 Å². The Morgan fingerprint density at radius 3 is 2.62 bits per heavy atom. The summed E-state index contributed by atoms with van der Waals surface area (Å²) < 4.78 is 11.0. The summed E-state index contributed by atoms with van der Waals surface area (Å²) in [6, 6.07) is 0. The molecule has 2 rings (SSSR count). The molecule has 1 spiro atoms. The van der Waals surface area contributed by atoms with Crippen molar-refractivity contribution in [2.45, 2.75) is 71.5 Å². The minimum Gasteiger partial charge on any atom is -0.459 e. The molecule has 2 aliphatic heterocycles. The largest absolute Gasteiger partial charge is 0.459 e. The van der Waals surface area contributed by atoms with Crippen molar-refractivity contribution < 1.29 is 19.1 Å². The zero-order valence-corrected chi connectivity index (χ0v) is 13.8. The molecule has 0 radical (unpaired) electrons. The number of hydrogen-bond donors (Lipinski definition) is 0. The Morgan fingerprint density at radius 2 is 2.10 bits per heavy atom. The Kier molecular flexibility index (Phi) is 3.98. The number of amides is 1. The first-order valence-electron chi connectivity index (χ1n) is 7.81. The fraction of sp³-hybridized carbons (Fsp3) is 0.875. The van der Waals surface area contributed by atoms with Crippen LogP contribution in [0.15, 0.2) is 0 Å². The number of likely N-dealkylation sites (tertiary alicyclic amines) is 1. The quantitative estimate of drug-likeness (QED) is 0.698. The number of carbonyl (C=O) groups is 2. The number of piperidine rings is 1. The maximum Gasteiger partial charge on any atom is 0.410 e. The normalized spacial score (nSPS) is 33.2. The molecule has 0 aromatic rings. The monoisotopic (exact) mass is 297 g/mol. The van der Waals surface area contributed by atoms with Crippen LogP contribution < -0.4 is 0 Å². The van der Waals surface area contributed by atoms with Crippen molar-refractivity contribution in [3.8, 4) is 0 Å². The molecular formula is C16H27NO4. The molecule has 0 saturated carbocycles. The van der Waals surface area contributed by atoms with Gasteiger partial charge in [0.1, 0.15) is 11.2 Å². The van der Waals surface area contributed by atoms with Gasteiger partial charge in [0, 0.05) is 19.5 Å². The number of esters is 1. The first-order valence-corrected chi connectivity index (χ1v) is 7.81. The summed E-state index contributed by atoms with van der Waals surface area (Å²) in [6.45, 7) is 10.6. The predicted molar refractivity (Wildman–Crippen MR) is 78.9 cm³/mol. The lowest BCUT2D eigenvalue weighted by Crippen LogP contribution is -2.49. The number of nitrogens with zero attached hydrogens (tertiary/aromatic N) is 1. The molecular weight excluding hydrogens is 270 g/mol. The third kappa shape index (κ3) is 3.33. The SMILES string of the molecule is CC[C@@]1(C)C[C@@]2(CCCN(C(=O)OC(C)(C)C)C2)C(=O)O1. The molecule has 5 nitrogen and oxygen atoms in total. The topological polar surface area (TPSA) is 55.8 Å². The molecule has 2 heterocycles. The molecule has 21 heavy (non-hydrogen) atoms. The minimum atomic E-state index is -0.542. The standard InChI is InChI=1S/C16H27NO4/c1-6-15(5)10-16(12(18)20-15)8-7-9-17(11-16)13(19)21-14(2,3)4/h6-11H2,1-5H3/t15-,16+/m0/s1. The van der Waals surface area contributed by atoms with Crippen molar-refractivity contribution in [3.05, 3.63) is 0 Å². The smallest absolute Gasteiger partial charge is 0.410 e. The zero-order valence-electron chi connectivity index (χ0n) is 13.8. The predicted octanol–water partition coefficient (Wildman–Crippen LogP) is 3.12. The van der Waals surface area contributed by atoms with E-state index in [0.29, 0.717) is 19.5 Å². The van der Waals surface area contributed by atoms with Crippen LogP contribution in [0.4, 0.5) is 4.79 Å². The van der Waals surface area contributed by atoms with E-state index in [4.69, 9.17) is 9.47 Å². The zero-order chi connectivity index (χ0) is 15.9. The first-order chi connectivity index (χ1) is 9.59. The first kappa shape index (κ1) is 16.1. The second-order valence-corrected chi connectivity index (χ2v) is 7.66. The Hall–Kier alpha value is -1.26. The number of hydrogen-bond acceptors (Lipinski definition) is 4. The number of ether oxygens (including phenoxy) is 2. The minimum absolute atomic E-state index is 0.153. The highest BCUT2D eigenvalue weighted by Gasteiger charge is 2.56. The van der Waals surface area contributed by atoms with Gasteiger partial charge in [0.15, 0.2) is 0 Å².